The van der Waals surface area contributed by atoms with Crippen LogP contribution in [-0.2, 0) is 65.4 Å². The summed E-state index contributed by atoms with van der Waals surface area (Å²) in [5.41, 5.74) is 0. The minimum atomic E-state index is -4.96. The Labute approximate surface area is 607 Å². The fourth-order valence-corrected chi connectivity index (χ4v) is 13.8. The number of aliphatic hydroxyl groups is 1. The summed E-state index contributed by atoms with van der Waals surface area (Å²) in [6.45, 7) is 14.3. The van der Waals surface area contributed by atoms with Crippen molar-refractivity contribution >= 4 is 39.5 Å². The van der Waals surface area contributed by atoms with Gasteiger partial charge in [0, 0.05) is 25.7 Å². The Bertz CT molecular complexity index is 1940. The second kappa shape index (κ2) is 69.1. The van der Waals surface area contributed by atoms with E-state index in [-0.39, 0.29) is 25.7 Å². The van der Waals surface area contributed by atoms with Crippen molar-refractivity contribution in [2.45, 2.75) is 427 Å². The van der Waals surface area contributed by atoms with Crippen molar-refractivity contribution in [3.63, 3.8) is 0 Å². The number of esters is 4. The molecule has 0 bridgehead atoms. The number of unbranched alkanes of at least 4 members (excludes halogenated alkanes) is 42. The highest BCUT2D eigenvalue weighted by molar-refractivity contribution is 7.47. The summed E-state index contributed by atoms with van der Waals surface area (Å²) >= 11 is 0. The number of phosphoric ester groups is 2. The van der Waals surface area contributed by atoms with Gasteiger partial charge in [-0.2, -0.15) is 0 Å². The average Bonchev–Trinajstić information content (AvgIpc) is 1.70. The number of phosphoric acid groups is 2. The molecule has 0 fully saturated rings. The third kappa shape index (κ3) is 72.8. The van der Waals surface area contributed by atoms with Gasteiger partial charge in [0.25, 0.3) is 0 Å². The molecule has 0 aliphatic rings. The molecule has 0 aliphatic carbocycles. The van der Waals surface area contributed by atoms with Gasteiger partial charge in [0.05, 0.1) is 26.4 Å². The fraction of sp³-hybridized carbons (Fsp3) is 0.950. The van der Waals surface area contributed by atoms with Crippen molar-refractivity contribution in [2.24, 2.45) is 23.7 Å². The van der Waals surface area contributed by atoms with Crippen LogP contribution in [0.2, 0.25) is 0 Å². The summed E-state index contributed by atoms with van der Waals surface area (Å²) < 4.78 is 68.7. The predicted molar refractivity (Wildman–Crippen MR) is 404 cm³/mol. The molecule has 19 heteroatoms. The zero-order chi connectivity index (χ0) is 73.1. The highest BCUT2D eigenvalue weighted by Gasteiger charge is 2.30. The van der Waals surface area contributed by atoms with Crippen molar-refractivity contribution in [2.75, 3.05) is 39.6 Å². The molecule has 3 N–H and O–H groups in total. The molecule has 6 atom stereocenters. The van der Waals surface area contributed by atoms with Crippen LogP contribution < -0.4 is 0 Å². The minimum absolute atomic E-state index is 0.105. The molecule has 17 nitrogen and oxygen atoms in total. The average molecular weight is 1450 g/mol. The Kier molecular flexibility index (Phi) is 67.8. The molecule has 0 aromatic heterocycles. The molecule has 0 amide bonds. The Hall–Kier alpha value is -1.94. The lowest BCUT2D eigenvalue weighted by molar-refractivity contribution is -0.161. The first kappa shape index (κ1) is 97.1. The largest absolute Gasteiger partial charge is 0.472 e. The quantitative estimate of drug-likeness (QED) is 0.0222. The topological polar surface area (TPSA) is 237 Å². The van der Waals surface area contributed by atoms with Crippen LogP contribution in [0.4, 0.5) is 0 Å². The van der Waals surface area contributed by atoms with E-state index in [0.29, 0.717) is 25.7 Å². The molecule has 0 saturated heterocycles. The van der Waals surface area contributed by atoms with Gasteiger partial charge in [-0.1, -0.05) is 357 Å². The van der Waals surface area contributed by atoms with E-state index in [1.807, 2.05) is 0 Å². The molecule has 0 aromatic carbocycles. The van der Waals surface area contributed by atoms with Crippen LogP contribution in [0.15, 0.2) is 0 Å². The number of rotatable bonds is 77. The van der Waals surface area contributed by atoms with E-state index in [1.54, 1.807) is 0 Å². The molecular weight excluding hydrogens is 1290 g/mol. The lowest BCUT2D eigenvalue weighted by Gasteiger charge is -2.21. The van der Waals surface area contributed by atoms with Gasteiger partial charge in [-0.15, -0.1) is 0 Å². The normalized spacial score (nSPS) is 14.3. The first-order valence-electron chi connectivity index (χ1n) is 41.2. The number of hydrogen-bond donors (Lipinski definition) is 3. The van der Waals surface area contributed by atoms with E-state index >= 15 is 0 Å². The van der Waals surface area contributed by atoms with Gasteiger partial charge in [-0.25, -0.2) is 9.13 Å². The van der Waals surface area contributed by atoms with Crippen LogP contribution in [0, 0.1) is 23.7 Å². The third-order valence-corrected chi connectivity index (χ3v) is 20.8. The zero-order valence-electron chi connectivity index (χ0n) is 65.1. The SMILES string of the molecule is CCC(C)CCCCCCCCCCC(=O)OC[C@H](COP(=O)(O)OC[C@H](O)COP(=O)(O)OC[C@@H](COC(=O)CCCCCCCCCCCCCCCC(C)C)OC(=O)CCCCCCCCCCCCCCCCCC(C)C)OC(=O)CCCCCCCCCCCCC(C)C. The lowest BCUT2D eigenvalue weighted by atomic mass is 9.99. The Morgan fingerprint density at radius 3 is 0.717 bits per heavy atom. The van der Waals surface area contributed by atoms with Gasteiger partial charge >= 0.3 is 39.5 Å². The number of ether oxygens (including phenoxy) is 4. The van der Waals surface area contributed by atoms with Crippen molar-refractivity contribution in [1.29, 1.82) is 0 Å². The molecule has 0 aliphatic heterocycles. The first-order chi connectivity index (χ1) is 47.6. The molecule has 3 unspecified atom stereocenters. The van der Waals surface area contributed by atoms with Crippen molar-refractivity contribution in [3.8, 4) is 0 Å². The lowest BCUT2D eigenvalue weighted by Crippen LogP contribution is -2.30. The van der Waals surface area contributed by atoms with Gasteiger partial charge in [0.1, 0.15) is 19.3 Å². The second-order valence-electron chi connectivity index (χ2n) is 30.5. The summed E-state index contributed by atoms with van der Waals surface area (Å²) in [7, 11) is -9.92. The number of aliphatic hydroxyl groups excluding tert-OH is 1. The van der Waals surface area contributed by atoms with Crippen molar-refractivity contribution in [3.05, 3.63) is 0 Å². The molecule has 588 valence electrons. The Morgan fingerprint density at radius 1 is 0.283 bits per heavy atom. The van der Waals surface area contributed by atoms with Gasteiger partial charge in [0.2, 0.25) is 0 Å². The Balaban J connectivity index is 5.27. The molecule has 0 saturated carbocycles. The molecule has 0 aromatic rings. The van der Waals surface area contributed by atoms with Crippen molar-refractivity contribution < 1.29 is 80.2 Å². The van der Waals surface area contributed by atoms with Crippen molar-refractivity contribution in [1.82, 2.24) is 0 Å². The number of carbonyl (C=O) groups is 4. The summed E-state index contributed by atoms with van der Waals surface area (Å²) in [4.78, 5) is 73.0. The number of hydrogen-bond acceptors (Lipinski definition) is 15. The molecule has 0 radical (unpaired) electrons. The zero-order valence-corrected chi connectivity index (χ0v) is 66.9. The molecule has 0 rings (SSSR count). The summed E-state index contributed by atoms with van der Waals surface area (Å²) in [5, 5.41) is 10.6. The smallest absolute Gasteiger partial charge is 0.462 e. The standard InChI is InChI=1S/C80H156O17P2/c1-9-73(8)59-51-43-35-30-31-37-45-53-61-78(83)91-67-76(97-80(85)63-55-47-39-29-23-22-26-34-42-50-58-72(6)7)69-95-99(88,89)93-65-74(81)64-92-98(86,87)94-68-75(66-90-77(82)60-52-44-36-27-20-17-13-15-19-25-33-41-49-57-71(4)5)96-79(84)62-54-46-38-28-21-16-12-10-11-14-18-24-32-40-48-56-70(2)3/h70-76,81H,9-69H2,1-8H3,(H,86,87)(H,88,89)/t73?,74-,75-,76-/m1/s1. The highest BCUT2D eigenvalue weighted by atomic mass is 31.2. The van der Waals surface area contributed by atoms with Gasteiger partial charge < -0.3 is 33.8 Å². The molecule has 0 spiro atoms. The van der Waals surface area contributed by atoms with Crippen LogP contribution in [0.25, 0.3) is 0 Å². The Morgan fingerprint density at radius 2 is 0.485 bits per heavy atom. The van der Waals surface area contributed by atoms with Gasteiger partial charge in [0.15, 0.2) is 12.2 Å². The van der Waals surface area contributed by atoms with E-state index in [9.17, 15) is 43.2 Å². The fourth-order valence-electron chi connectivity index (χ4n) is 12.2. The monoisotopic (exact) mass is 1450 g/mol. The highest BCUT2D eigenvalue weighted by Crippen LogP contribution is 2.45. The number of carbonyl (C=O) groups excluding carboxylic acids is 4. The summed E-state index contributed by atoms with van der Waals surface area (Å²) in [5.74, 6) is 1.01. The third-order valence-electron chi connectivity index (χ3n) is 18.9. The molecular formula is C80H156O17P2. The minimum Gasteiger partial charge on any atom is -0.462 e. The van der Waals surface area contributed by atoms with Crippen LogP contribution >= 0.6 is 15.6 Å². The van der Waals surface area contributed by atoms with Crippen LogP contribution in [0.5, 0.6) is 0 Å². The van der Waals surface area contributed by atoms with Crippen LogP contribution in [0.1, 0.15) is 409 Å². The van der Waals surface area contributed by atoms with E-state index in [0.717, 1.165) is 114 Å². The maximum Gasteiger partial charge on any atom is 0.472 e. The molecule has 99 heavy (non-hydrogen) atoms. The van der Waals surface area contributed by atoms with E-state index in [4.69, 9.17) is 37.0 Å². The van der Waals surface area contributed by atoms with Gasteiger partial charge in [-0.05, 0) is 49.4 Å². The summed E-state index contributed by atoms with van der Waals surface area (Å²) in [6.07, 6.45) is 55.4. The van der Waals surface area contributed by atoms with E-state index < -0.39 is 97.5 Å². The van der Waals surface area contributed by atoms with Crippen LogP contribution in [-0.4, -0.2) is 96.7 Å². The molecule has 0 heterocycles. The van der Waals surface area contributed by atoms with E-state index in [2.05, 4.69) is 55.4 Å². The second-order valence-corrected chi connectivity index (χ2v) is 33.4. The van der Waals surface area contributed by atoms with Crippen LogP contribution in [0.3, 0.4) is 0 Å². The summed E-state index contributed by atoms with van der Waals surface area (Å²) in [6, 6.07) is 0. The maximum atomic E-state index is 13.1. The first-order valence-corrected chi connectivity index (χ1v) is 44.2. The van der Waals surface area contributed by atoms with E-state index in [1.165, 1.54) is 212 Å². The maximum absolute atomic E-state index is 13.1. The van der Waals surface area contributed by atoms with Gasteiger partial charge in [-0.3, -0.25) is 37.3 Å². The predicted octanol–water partition coefficient (Wildman–Crippen LogP) is 23.6.